The van der Waals surface area contributed by atoms with Crippen LogP contribution in [-0.4, -0.2) is 50.2 Å². The number of para-hydroxylation sites is 1. The monoisotopic (exact) mass is 435 g/mol. The second kappa shape index (κ2) is 8.37. The fourth-order valence-electron chi connectivity index (χ4n) is 5.35. The summed E-state index contributed by atoms with van der Waals surface area (Å²) in [5.74, 6) is 1.25. The van der Waals surface area contributed by atoms with Crippen LogP contribution >= 0.6 is 0 Å². The molecule has 0 aromatic heterocycles. The van der Waals surface area contributed by atoms with Gasteiger partial charge in [-0.1, -0.05) is 31.0 Å². The van der Waals surface area contributed by atoms with Crippen LogP contribution in [0.2, 0.25) is 0 Å². The normalized spacial score (nSPS) is 19.8. The van der Waals surface area contributed by atoms with Gasteiger partial charge in [0.25, 0.3) is 0 Å². The van der Waals surface area contributed by atoms with Crippen molar-refractivity contribution in [3.05, 3.63) is 53.1 Å². The number of benzene rings is 2. The molecule has 5 rings (SSSR count). The van der Waals surface area contributed by atoms with Crippen LogP contribution in [-0.2, 0) is 11.2 Å². The molecule has 32 heavy (non-hydrogen) atoms. The van der Waals surface area contributed by atoms with Gasteiger partial charge in [0.2, 0.25) is 5.91 Å². The van der Waals surface area contributed by atoms with E-state index in [1.165, 1.54) is 0 Å². The van der Waals surface area contributed by atoms with Crippen molar-refractivity contribution in [1.29, 1.82) is 0 Å². The van der Waals surface area contributed by atoms with E-state index in [0.29, 0.717) is 18.0 Å². The largest absolute Gasteiger partial charge is 0.493 e. The van der Waals surface area contributed by atoms with Crippen LogP contribution in [0.15, 0.2) is 36.4 Å². The van der Waals surface area contributed by atoms with Gasteiger partial charge in [-0.3, -0.25) is 9.69 Å². The zero-order valence-electron chi connectivity index (χ0n) is 18.6. The third kappa shape index (κ3) is 3.45. The number of urea groups is 1. The minimum absolute atomic E-state index is 0.0361. The van der Waals surface area contributed by atoms with Gasteiger partial charge in [0.15, 0.2) is 11.5 Å². The molecule has 1 N–H and O–H groups in total. The maximum atomic E-state index is 13.6. The third-order valence-electron chi connectivity index (χ3n) is 6.89. The van der Waals surface area contributed by atoms with Gasteiger partial charge in [0.05, 0.1) is 25.9 Å². The van der Waals surface area contributed by atoms with Crippen molar-refractivity contribution in [2.24, 2.45) is 0 Å². The van der Waals surface area contributed by atoms with E-state index in [-0.39, 0.29) is 30.6 Å². The Kier molecular flexibility index (Phi) is 5.41. The highest BCUT2D eigenvalue weighted by molar-refractivity contribution is 6.01. The molecule has 0 bridgehead atoms. The van der Waals surface area contributed by atoms with Crippen LogP contribution in [0.25, 0.3) is 0 Å². The highest BCUT2D eigenvalue weighted by Crippen LogP contribution is 2.46. The van der Waals surface area contributed by atoms with Gasteiger partial charge in [0.1, 0.15) is 6.54 Å². The number of methoxy groups -OCH3 is 2. The minimum Gasteiger partial charge on any atom is -0.493 e. The van der Waals surface area contributed by atoms with E-state index in [2.05, 4.69) is 5.32 Å². The van der Waals surface area contributed by atoms with Crippen LogP contribution in [0.5, 0.6) is 11.5 Å². The number of anilines is 1. The molecule has 0 spiro atoms. The van der Waals surface area contributed by atoms with Gasteiger partial charge in [-0.15, -0.1) is 0 Å². The quantitative estimate of drug-likeness (QED) is 0.778. The minimum atomic E-state index is -0.212. The first kappa shape index (κ1) is 20.7. The number of nitrogens with one attached hydrogen (secondary N) is 1. The number of fused-ring (bicyclic) bond motifs is 5. The van der Waals surface area contributed by atoms with Gasteiger partial charge in [-0.25, -0.2) is 4.79 Å². The van der Waals surface area contributed by atoms with Gasteiger partial charge >= 0.3 is 6.03 Å². The molecule has 0 radical (unpaired) electrons. The van der Waals surface area contributed by atoms with Gasteiger partial charge < -0.3 is 19.7 Å². The SMILES string of the molecule is COc1cc2c(cc1OC)[C@H]1c3ccccc3N(CC(=O)NC3CCCC3)C(=O)N1CC2. The summed E-state index contributed by atoms with van der Waals surface area (Å²) in [6.45, 7) is 0.620. The third-order valence-corrected chi connectivity index (χ3v) is 6.89. The van der Waals surface area contributed by atoms with E-state index >= 15 is 0 Å². The second-order valence-corrected chi connectivity index (χ2v) is 8.73. The molecule has 2 aromatic carbocycles. The van der Waals surface area contributed by atoms with Gasteiger partial charge in [0, 0.05) is 18.2 Å². The first-order valence-electron chi connectivity index (χ1n) is 11.3. The predicted molar refractivity (Wildman–Crippen MR) is 121 cm³/mol. The van der Waals surface area contributed by atoms with Crippen molar-refractivity contribution in [1.82, 2.24) is 10.2 Å². The summed E-state index contributed by atoms with van der Waals surface area (Å²) in [5.41, 5.74) is 4.01. The van der Waals surface area contributed by atoms with Crippen molar-refractivity contribution in [2.75, 3.05) is 32.2 Å². The predicted octanol–water partition coefficient (Wildman–Crippen LogP) is 3.65. The highest BCUT2D eigenvalue weighted by atomic mass is 16.5. The number of amides is 3. The molecule has 2 heterocycles. The lowest BCUT2D eigenvalue weighted by atomic mass is 9.85. The van der Waals surface area contributed by atoms with E-state index in [9.17, 15) is 9.59 Å². The van der Waals surface area contributed by atoms with Crippen LogP contribution in [0, 0.1) is 0 Å². The Labute approximate surface area is 188 Å². The number of ether oxygens (including phenoxy) is 2. The summed E-state index contributed by atoms with van der Waals surface area (Å²) in [4.78, 5) is 29.9. The summed E-state index contributed by atoms with van der Waals surface area (Å²) in [6, 6.07) is 11.8. The molecule has 3 amide bonds. The fourth-order valence-corrected chi connectivity index (χ4v) is 5.35. The van der Waals surface area contributed by atoms with E-state index < -0.39 is 0 Å². The first-order valence-corrected chi connectivity index (χ1v) is 11.3. The average Bonchev–Trinajstić information content (AvgIpc) is 3.33. The van der Waals surface area contributed by atoms with E-state index in [0.717, 1.165) is 54.5 Å². The van der Waals surface area contributed by atoms with Crippen LogP contribution in [0.3, 0.4) is 0 Å². The van der Waals surface area contributed by atoms with Crippen molar-refractivity contribution >= 4 is 17.6 Å². The Morgan fingerprint density at radius 3 is 2.53 bits per heavy atom. The number of rotatable bonds is 5. The number of carbonyl (C=O) groups is 2. The zero-order valence-corrected chi connectivity index (χ0v) is 18.6. The molecule has 1 saturated carbocycles. The topological polar surface area (TPSA) is 71.1 Å². The number of hydrogen-bond acceptors (Lipinski definition) is 4. The lowest BCUT2D eigenvalue weighted by molar-refractivity contribution is -0.120. The van der Waals surface area contributed by atoms with Crippen LogP contribution in [0.1, 0.15) is 48.4 Å². The molecule has 3 aliphatic rings. The molecule has 0 unspecified atom stereocenters. The molecule has 168 valence electrons. The van der Waals surface area contributed by atoms with Gasteiger partial charge in [-0.2, -0.15) is 0 Å². The summed E-state index contributed by atoms with van der Waals surface area (Å²) >= 11 is 0. The number of nitrogens with zero attached hydrogens (tertiary/aromatic N) is 2. The second-order valence-electron chi connectivity index (χ2n) is 8.73. The lowest BCUT2D eigenvalue weighted by Gasteiger charge is -2.45. The molecule has 2 aliphatic heterocycles. The summed E-state index contributed by atoms with van der Waals surface area (Å²) in [7, 11) is 3.25. The van der Waals surface area contributed by atoms with Crippen molar-refractivity contribution in [3.8, 4) is 11.5 Å². The molecule has 2 aromatic rings. The van der Waals surface area contributed by atoms with Gasteiger partial charge in [-0.05, 0) is 48.6 Å². The summed E-state index contributed by atoms with van der Waals surface area (Å²) in [6.07, 6.45) is 5.07. The van der Waals surface area contributed by atoms with Crippen LogP contribution in [0.4, 0.5) is 10.5 Å². The first-order chi connectivity index (χ1) is 15.6. The molecule has 7 nitrogen and oxygen atoms in total. The highest BCUT2D eigenvalue weighted by Gasteiger charge is 2.42. The van der Waals surface area contributed by atoms with Crippen molar-refractivity contribution in [2.45, 2.75) is 44.2 Å². The Hall–Kier alpha value is -3.22. The summed E-state index contributed by atoms with van der Waals surface area (Å²) < 4.78 is 11.0. The smallest absolute Gasteiger partial charge is 0.325 e. The molecule has 1 fully saturated rings. The average molecular weight is 436 g/mol. The number of carbonyl (C=O) groups excluding carboxylic acids is 2. The Balaban J connectivity index is 1.51. The van der Waals surface area contributed by atoms with Crippen LogP contribution < -0.4 is 19.7 Å². The molecular formula is C25H29N3O4. The Morgan fingerprint density at radius 1 is 1.06 bits per heavy atom. The fraction of sp³-hybridized carbons (Fsp3) is 0.440. The molecular weight excluding hydrogens is 406 g/mol. The Morgan fingerprint density at radius 2 is 1.78 bits per heavy atom. The molecule has 0 saturated heterocycles. The lowest BCUT2D eigenvalue weighted by Crippen LogP contribution is -2.54. The van der Waals surface area contributed by atoms with Crippen molar-refractivity contribution < 1.29 is 19.1 Å². The maximum absolute atomic E-state index is 13.6. The van der Waals surface area contributed by atoms with Crippen molar-refractivity contribution in [3.63, 3.8) is 0 Å². The van der Waals surface area contributed by atoms with E-state index in [1.54, 1.807) is 19.1 Å². The standard InChI is InChI=1S/C25H29N3O4/c1-31-21-13-16-11-12-27-24(19(16)14-22(21)32-2)18-9-5-6-10-20(18)28(25(27)30)15-23(29)26-17-7-3-4-8-17/h5-6,9-10,13-14,17,24H,3-4,7-8,11-12,15H2,1-2H3,(H,26,29)/t24-/m1/s1. The van der Waals surface area contributed by atoms with E-state index in [1.807, 2.05) is 41.3 Å². The maximum Gasteiger partial charge on any atom is 0.325 e. The molecule has 7 heteroatoms. The molecule has 1 atom stereocenters. The summed E-state index contributed by atoms with van der Waals surface area (Å²) in [5, 5.41) is 3.11. The molecule has 1 aliphatic carbocycles. The van der Waals surface area contributed by atoms with E-state index in [4.69, 9.17) is 9.47 Å². The number of hydrogen-bond donors (Lipinski definition) is 1. The Bertz CT molecular complexity index is 1050. The zero-order chi connectivity index (χ0) is 22.2.